The topological polar surface area (TPSA) is 66.5 Å². The minimum atomic E-state index is -3.52. The van der Waals surface area contributed by atoms with E-state index in [-0.39, 0.29) is 11.9 Å². The molecule has 1 aliphatic heterocycles. The standard InChI is InChI=1S/C18H22N2O3S2/c1-2-14-5-7-16(8-6-14)25(22,23)19-15-9-11-20(12-10-15)18(21)17-4-3-13-24-17/h3-8,13,15,19H,2,9-12H2,1H3. The fourth-order valence-electron chi connectivity index (χ4n) is 2.95. The van der Waals surface area contributed by atoms with Crippen LogP contribution in [0.2, 0.25) is 0 Å². The van der Waals surface area contributed by atoms with Crippen LogP contribution in [0.3, 0.4) is 0 Å². The number of hydrogen-bond acceptors (Lipinski definition) is 4. The van der Waals surface area contributed by atoms with Crippen molar-refractivity contribution in [3.63, 3.8) is 0 Å². The van der Waals surface area contributed by atoms with Crippen molar-refractivity contribution < 1.29 is 13.2 Å². The predicted octanol–water partition coefficient (Wildman–Crippen LogP) is 2.89. The highest BCUT2D eigenvalue weighted by Crippen LogP contribution is 2.19. The summed E-state index contributed by atoms with van der Waals surface area (Å²) in [7, 11) is -3.52. The van der Waals surface area contributed by atoms with Crippen LogP contribution in [-0.2, 0) is 16.4 Å². The van der Waals surface area contributed by atoms with Gasteiger partial charge in [-0.05, 0) is 48.4 Å². The van der Waals surface area contributed by atoms with Gasteiger partial charge in [0.25, 0.3) is 5.91 Å². The van der Waals surface area contributed by atoms with Gasteiger partial charge in [0.05, 0.1) is 9.77 Å². The van der Waals surface area contributed by atoms with Gasteiger partial charge >= 0.3 is 0 Å². The summed E-state index contributed by atoms with van der Waals surface area (Å²) in [6.45, 7) is 3.17. The van der Waals surface area contributed by atoms with Crippen LogP contribution in [0.1, 0.15) is 35.0 Å². The Hall–Kier alpha value is -1.70. The van der Waals surface area contributed by atoms with Crippen LogP contribution in [0.25, 0.3) is 0 Å². The van der Waals surface area contributed by atoms with Crippen molar-refractivity contribution in [2.24, 2.45) is 0 Å². The van der Waals surface area contributed by atoms with E-state index in [1.807, 2.05) is 36.6 Å². The number of aryl methyl sites for hydroxylation is 1. The molecule has 2 heterocycles. The van der Waals surface area contributed by atoms with Crippen molar-refractivity contribution in [3.05, 3.63) is 52.2 Å². The molecule has 1 N–H and O–H groups in total. The van der Waals surface area contributed by atoms with Crippen LogP contribution in [-0.4, -0.2) is 38.4 Å². The number of thiophene rings is 1. The molecule has 5 nitrogen and oxygen atoms in total. The number of benzene rings is 1. The molecule has 0 spiro atoms. The summed E-state index contributed by atoms with van der Waals surface area (Å²) >= 11 is 1.43. The second kappa shape index (κ2) is 7.68. The number of carbonyl (C=O) groups excluding carboxylic acids is 1. The zero-order valence-corrected chi connectivity index (χ0v) is 15.8. The fraction of sp³-hybridized carbons (Fsp3) is 0.389. The third kappa shape index (κ3) is 4.29. The SMILES string of the molecule is CCc1ccc(S(=O)(=O)NC2CCN(C(=O)c3cccs3)CC2)cc1. The zero-order chi connectivity index (χ0) is 17.9. The molecule has 0 atom stereocenters. The molecule has 1 saturated heterocycles. The third-order valence-corrected chi connectivity index (χ3v) is 6.87. The molecule has 7 heteroatoms. The molecule has 1 amide bonds. The molecule has 1 aliphatic rings. The second-order valence-corrected chi connectivity index (χ2v) is 8.82. The Bertz CT molecular complexity index is 807. The lowest BCUT2D eigenvalue weighted by molar-refractivity contribution is 0.0716. The lowest BCUT2D eigenvalue weighted by Crippen LogP contribution is -2.46. The normalized spacial score (nSPS) is 16.1. The number of sulfonamides is 1. The largest absolute Gasteiger partial charge is 0.338 e. The number of nitrogens with zero attached hydrogens (tertiary/aromatic N) is 1. The van der Waals surface area contributed by atoms with Crippen LogP contribution in [0.4, 0.5) is 0 Å². The Morgan fingerprint density at radius 3 is 2.44 bits per heavy atom. The number of rotatable bonds is 5. The monoisotopic (exact) mass is 378 g/mol. The number of hydrogen-bond donors (Lipinski definition) is 1. The Balaban J connectivity index is 1.58. The number of likely N-dealkylation sites (tertiary alicyclic amines) is 1. The van der Waals surface area contributed by atoms with E-state index < -0.39 is 10.0 Å². The second-order valence-electron chi connectivity index (χ2n) is 6.16. The molecule has 0 unspecified atom stereocenters. The van der Waals surface area contributed by atoms with Gasteiger partial charge in [0.2, 0.25) is 10.0 Å². The summed E-state index contributed by atoms with van der Waals surface area (Å²) in [4.78, 5) is 15.2. The van der Waals surface area contributed by atoms with Crippen molar-refractivity contribution >= 4 is 27.3 Å². The highest BCUT2D eigenvalue weighted by molar-refractivity contribution is 7.89. The van der Waals surface area contributed by atoms with E-state index in [0.717, 1.165) is 16.9 Å². The van der Waals surface area contributed by atoms with Gasteiger partial charge in [-0.2, -0.15) is 0 Å². The lowest BCUT2D eigenvalue weighted by Gasteiger charge is -2.32. The first-order valence-electron chi connectivity index (χ1n) is 8.43. The van der Waals surface area contributed by atoms with Gasteiger partial charge in [-0.25, -0.2) is 13.1 Å². The van der Waals surface area contributed by atoms with Crippen LogP contribution in [0, 0.1) is 0 Å². The molecule has 0 bridgehead atoms. The van der Waals surface area contributed by atoms with E-state index in [1.54, 1.807) is 17.0 Å². The molecule has 1 fully saturated rings. The average molecular weight is 379 g/mol. The van der Waals surface area contributed by atoms with Gasteiger partial charge in [-0.3, -0.25) is 4.79 Å². The summed E-state index contributed by atoms with van der Waals surface area (Å²) in [6.07, 6.45) is 2.14. The maximum atomic E-state index is 12.5. The minimum Gasteiger partial charge on any atom is -0.338 e. The highest BCUT2D eigenvalue weighted by Gasteiger charge is 2.27. The first-order chi connectivity index (χ1) is 12.0. The lowest BCUT2D eigenvalue weighted by atomic mass is 10.1. The van der Waals surface area contributed by atoms with Crippen molar-refractivity contribution in [2.75, 3.05) is 13.1 Å². The van der Waals surface area contributed by atoms with Crippen LogP contribution < -0.4 is 4.72 Å². The van der Waals surface area contributed by atoms with Crippen molar-refractivity contribution in [1.29, 1.82) is 0 Å². The predicted molar refractivity (Wildman–Crippen MR) is 99.4 cm³/mol. The molecule has 0 radical (unpaired) electrons. The number of piperidine rings is 1. The number of nitrogens with one attached hydrogen (secondary N) is 1. The average Bonchev–Trinajstić information content (AvgIpc) is 3.16. The van der Waals surface area contributed by atoms with Gasteiger partial charge in [0.15, 0.2) is 0 Å². The van der Waals surface area contributed by atoms with Crippen molar-refractivity contribution in [2.45, 2.75) is 37.1 Å². The maximum Gasteiger partial charge on any atom is 0.263 e. The Morgan fingerprint density at radius 1 is 1.20 bits per heavy atom. The van der Waals surface area contributed by atoms with E-state index in [0.29, 0.717) is 30.8 Å². The first kappa shape index (κ1) is 18.1. The van der Waals surface area contributed by atoms with Crippen molar-refractivity contribution in [3.8, 4) is 0 Å². The van der Waals surface area contributed by atoms with E-state index in [9.17, 15) is 13.2 Å². The van der Waals surface area contributed by atoms with E-state index in [2.05, 4.69) is 4.72 Å². The molecule has 1 aromatic carbocycles. The van der Waals surface area contributed by atoms with E-state index >= 15 is 0 Å². The Labute approximate surface area is 152 Å². The smallest absolute Gasteiger partial charge is 0.263 e. The third-order valence-electron chi connectivity index (χ3n) is 4.48. The zero-order valence-electron chi connectivity index (χ0n) is 14.1. The van der Waals surface area contributed by atoms with Gasteiger partial charge < -0.3 is 4.90 Å². The number of carbonyl (C=O) groups is 1. The summed E-state index contributed by atoms with van der Waals surface area (Å²) < 4.78 is 27.8. The van der Waals surface area contributed by atoms with E-state index in [1.165, 1.54) is 11.3 Å². The molecule has 0 aliphatic carbocycles. The van der Waals surface area contributed by atoms with Crippen molar-refractivity contribution in [1.82, 2.24) is 9.62 Å². The summed E-state index contributed by atoms with van der Waals surface area (Å²) in [5.74, 6) is 0.0338. The molecule has 134 valence electrons. The Kier molecular flexibility index (Phi) is 5.56. The molecule has 25 heavy (non-hydrogen) atoms. The first-order valence-corrected chi connectivity index (χ1v) is 10.8. The fourth-order valence-corrected chi connectivity index (χ4v) is 4.94. The summed E-state index contributed by atoms with van der Waals surface area (Å²) in [5, 5.41) is 1.89. The van der Waals surface area contributed by atoms with Crippen LogP contribution in [0.5, 0.6) is 0 Å². The van der Waals surface area contributed by atoms with Gasteiger partial charge in [-0.15, -0.1) is 11.3 Å². The molecule has 0 saturated carbocycles. The quantitative estimate of drug-likeness (QED) is 0.870. The molecule has 3 rings (SSSR count). The molecular weight excluding hydrogens is 356 g/mol. The highest BCUT2D eigenvalue weighted by atomic mass is 32.2. The van der Waals surface area contributed by atoms with Crippen LogP contribution >= 0.6 is 11.3 Å². The summed E-state index contributed by atoms with van der Waals surface area (Å²) in [6, 6.07) is 10.5. The molecular formula is C18H22N2O3S2. The number of amides is 1. The van der Waals surface area contributed by atoms with Gasteiger partial charge in [0.1, 0.15) is 0 Å². The Morgan fingerprint density at radius 2 is 1.88 bits per heavy atom. The van der Waals surface area contributed by atoms with Gasteiger partial charge in [0, 0.05) is 19.1 Å². The molecule has 2 aromatic rings. The summed E-state index contributed by atoms with van der Waals surface area (Å²) in [5.41, 5.74) is 1.11. The van der Waals surface area contributed by atoms with Gasteiger partial charge in [-0.1, -0.05) is 25.1 Å². The maximum absolute atomic E-state index is 12.5. The van der Waals surface area contributed by atoms with E-state index in [4.69, 9.17) is 0 Å². The van der Waals surface area contributed by atoms with Crippen LogP contribution in [0.15, 0.2) is 46.7 Å². The molecule has 1 aromatic heterocycles. The minimum absolute atomic E-state index is 0.0338.